The summed E-state index contributed by atoms with van der Waals surface area (Å²) in [6.07, 6.45) is -2.46. The Kier molecular flexibility index (Phi) is 8.61. The number of nitriles is 1. The van der Waals surface area contributed by atoms with E-state index in [1.54, 1.807) is 42.5 Å². The van der Waals surface area contributed by atoms with Crippen LogP contribution in [-0.4, -0.2) is 21.6 Å². The monoisotopic (exact) mass is 751 g/mol. The fourth-order valence-corrected chi connectivity index (χ4v) is 6.38. The Morgan fingerprint density at radius 1 is 1.10 bits per heavy atom. The van der Waals surface area contributed by atoms with Crippen LogP contribution in [-0.2, 0) is 0 Å². The molecule has 0 unspecified atom stereocenters. The minimum atomic E-state index is -3.94. The average molecular weight is 753 g/mol. The highest BCUT2D eigenvalue weighted by Gasteiger charge is 2.43. The van der Waals surface area contributed by atoms with Gasteiger partial charge in [0, 0.05) is 38.3 Å². The third-order valence-corrected chi connectivity index (χ3v) is 8.79. The Hall–Kier alpha value is -5.36. The van der Waals surface area contributed by atoms with Gasteiger partial charge in [-0.15, -0.1) is 20.1 Å². The van der Waals surface area contributed by atoms with Crippen molar-refractivity contribution in [3.8, 4) is 34.8 Å². The van der Waals surface area contributed by atoms with Gasteiger partial charge in [-0.25, -0.2) is 0 Å². The minimum Gasteiger partial charge on any atom is -0.457 e. The molecule has 4 aromatic carbocycles. The molecule has 0 saturated carbocycles. The summed E-state index contributed by atoms with van der Waals surface area (Å²) in [6.45, 7) is 1.50. The number of halogens is 4. The normalized spacial score (nSPS) is 14.0. The van der Waals surface area contributed by atoms with E-state index in [4.69, 9.17) is 16.3 Å². The van der Waals surface area contributed by atoms with Gasteiger partial charge in [0.15, 0.2) is 11.5 Å². The Morgan fingerprint density at radius 3 is 2.60 bits per heavy atom. The van der Waals surface area contributed by atoms with Crippen molar-refractivity contribution in [3.05, 3.63) is 135 Å². The molecular weight excluding hydrogens is 736 g/mol. The number of hydrogen-bond acceptors (Lipinski definition) is 9. The van der Waals surface area contributed by atoms with Gasteiger partial charge in [0.25, 0.3) is 11.2 Å². The highest BCUT2D eigenvalue weighted by molar-refractivity contribution is 9.10. The SMILES string of the molecule is Cc1ccc(C(=O)/C(C#N)=c2\s/c(=C\c3ccc(Br)cc3Oc3cccc(Cl)c3)c(=O)n2-c2ccc3c(c2)OC(F)(F)O3)cc1[N+](=O)[O-]. The third-order valence-electron chi connectivity index (χ3n) is 6.97. The van der Waals surface area contributed by atoms with Gasteiger partial charge >= 0.3 is 6.29 Å². The van der Waals surface area contributed by atoms with Crippen LogP contribution < -0.4 is 29.0 Å². The molecule has 1 aliphatic rings. The van der Waals surface area contributed by atoms with Crippen LogP contribution in [0, 0.1) is 28.4 Å². The molecule has 240 valence electrons. The summed E-state index contributed by atoms with van der Waals surface area (Å²) in [6, 6.07) is 20.8. The number of Topliss-reactive ketones (excluding diaryl/α,β-unsaturated/α-hetero) is 1. The zero-order valence-corrected chi connectivity index (χ0v) is 27.4. The van der Waals surface area contributed by atoms with Crippen molar-refractivity contribution in [1.82, 2.24) is 4.57 Å². The quantitative estimate of drug-likeness (QED) is 0.0984. The number of hydrogen-bond donors (Lipinski definition) is 0. The summed E-state index contributed by atoms with van der Waals surface area (Å²) in [5, 5.41) is 22.2. The smallest absolute Gasteiger partial charge is 0.457 e. The molecule has 0 fully saturated rings. The van der Waals surface area contributed by atoms with Crippen molar-refractivity contribution in [1.29, 1.82) is 5.26 Å². The lowest BCUT2D eigenvalue weighted by molar-refractivity contribution is -0.385. The van der Waals surface area contributed by atoms with E-state index in [0.29, 0.717) is 32.1 Å². The highest BCUT2D eigenvalue weighted by Crippen LogP contribution is 2.41. The van der Waals surface area contributed by atoms with Gasteiger partial charge in [-0.3, -0.25) is 24.3 Å². The lowest BCUT2D eigenvalue weighted by Crippen LogP contribution is -2.31. The lowest BCUT2D eigenvalue weighted by Gasteiger charge is -2.09. The van der Waals surface area contributed by atoms with Crippen LogP contribution in [0.3, 0.4) is 0 Å². The largest absolute Gasteiger partial charge is 0.586 e. The standard InChI is InChI=1S/C33H17BrClF2N3O7S/c1-17-5-6-19(11-25(17)40(43)44)30(41)24(16-38)32-39(22-9-10-26-28(15-22)47-33(36,37)46-26)31(42)29(48-32)12-18-7-8-20(34)13-27(18)45-23-4-2-3-21(35)14-23/h2-15H,1H3/b29-12-,32-24-. The number of alkyl halides is 2. The van der Waals surface area contributed by atoms with E-state index < -0.39 is 28.1 Å². The number of aromatic nitrogens is 1. The molecule has 6 rings (SSSR count). The predicted molar refractivity (Wildman–Crippen MR) is 176 cm³/mol. The number of nitro groups is 1. The highest BCUT2D eigenvalue weighted by atomic mass is 79.9. The van der Waals surface area contributed by atoms with Crippen LogP contribution in [0.1, 0.15) is 21.5 Å². The van der Waals surface area contributed by atoms with E-state index in [1.807, 2.05) is 6.07 Å². The maximum Gasteiger partial charge on any atom is 0.586 e. The molecule has 5 aromatic rings. The van der Waals surface area contributed by atoms with Crippen molar-refractivity contribution in [2.45, 2.75) is 13.2 Å². The molecule has 48 heavy (non-hydrogen) atoms. The predicted octanol–water partition coefficient (Wildman–Crippen LogP) is 7.03. The fraction of sp³-hybridized carbons (Fsp3) is 0.0606. The number of aryl methyl sites for hydroxylation is 1. The number of rotatable bonds is 7. The van der Waals surface area contributed by atoms with Crippen molar-refractivity contribution < 1.29 is 32.7 Å². The molecule has 0 saturated heterocycles. The van der Waals surface area contributed by atoms with Crippen molar-refractivity contribution in [2.75, 3.05) is 0 Å². The Balaban J connectivity index is 1.60. The molecule has 15 heteroatoms. The van der Waals surface area contributed by atoms with Gasteiger partial charge < -0.3 is 14.2 Å². The van der Waals surface area contributed by atoms with Crippen LogP contribution >= 0.6 is 38.9 Å². The second-order valence-corrected chi connectivity index (χ2v) is 12.6. The number of nitrogens with zero attached hydrogens (tertiary/aromatic N) is 3. The molecule has 0 radical (unpaired) electrons. The number of ketones is 1. The molecule has 0 amide bonds. The molecule has 0 atom stereocenters. The van der Waals surface area contributed by atoms with E-state index >= 15 is 0 Å². The number of nitro benzene ring substituents is 1. The molecule has 10 nitrogen and oxygen atoms in total. The number of thiazole rings is 1. The minimum absolute atomic E-state index is 0.0207. The zero-order valence-electron chi connectivity index (χ0n) is 24.2. The molecule has 0 spiro atoms. The molecular formula is C33H17BrClF2N3O7S. The van der Waals surface area contributed by atoms with Crippen LogP contribution in [0.5, 0.6) is 23.0 Å². The first-order valence-corrected chi connectivity index (χ1v) is 15.6. The molecule has 0 aliphatic carbocycles. The van der Waals surface area contributed by atoms with Crippen molar-refractivity contribution in [3.63, 3.8) is 0 Å². The second-order valence-electron chi connectivity index (χ2n) is 10.2. The first-order valence-electron chi connectivity index (χ1n) is 13.6. The number of carbonyl (C=O) groups excluding carboxylic acids is 1. The lowest BCUT2D eigenvalue weighted by atomic mass is 10.0. The summed E-state index contributed by atoms with van der Waals surface area (Å²) in [4.78, 5) is 38.7. The maximum absolute atomic E-state index is 14.1. The number of fused-ring (bicyclic) bond motifs is 1. The second kappa shape index (κ2) is 12.7. The maximum atomic E-state index is 14.1. The molecule has 1 aromatic heterocycles. The molecule has 2 heterocycles. The summed E-state index contributed by atoms with van der Waals surface area (Å²) >= 11 is 10.3. The van der Waals surface area contributed by atoms with Gasteiger partial charge in [-0.2, -0.15) is 5.26 Å². The number of ether oxygens (including phenoxy) is 3. The average Bonchev–Trinajstić information content (AvgIpc) is 3.52. The molecule has 0 bridgehead atoms. The molecule has 0 N–H and O–H groups in total. The molecule has 1 aliphatic heterocycles. The third kappa shape index (κ3) is 6.43. The number of carbonyl (C=O) groups is 1. The van der Waals surface area contributed by atoms with Crippen LogP contribution in [0.15, 0.2) is 88.1 Å². The van der Waals surface area contributed by atoms with Gasteiger partial charge in [0.05, 0.1) is 15.1 Å². The Labute approximate surface area is 286 Å². The first kappa shape index (κ1) is 32.6. The Bertz CT molecular complexity index is 2410. The van der Waals surface area contributed by atoms with E-state index in [-0.39, 0.29) is 37.6 Å². The topological polar surface area (TPSA) is 134 Å². The van der Waals surface area contributed by atoms with E-state index in [2.05, 4.69) is 25.4 Å². The Morgan fingerprint density at radius 2 is 1.88 bits per heavy atom. The van der Waals surface area contributed by atoms with Crippen LogP contribution in [0.2, 0.25) is 5.02 Å². The summed E-state index contributed by atoms with van der Waals surface area (Å²) in [5.41, 5.74) is -1.04. The van der Waals surface area contributed by atoms with E-state index in [1.165, 1.54) is 31.2 Å². The van der Waals surface area contributed by atoms with Crippen molar-refractivity contribution in [2.24, 2.45) is 0 Å². The van der Waals surface area contributed by atoms with Gasteiger partial charge in [0.1, 0.15) is 27.8 Å². The fourth-order valence-electron chi connectivity index (χ4n) is 4.76. The van der Waals surface area contributed by atoms with Crippen LogP contribution in [0.25, 0.3) is 17.3 Å². The van der Waals surface area contributed by atoms with Gasteiger partial charge in [0.2, 0.25) is 5.78 Å². The summed E-state index contributed by atoms with van der Waals surface area (Å²) in [7, 11) is 0. The van der Waals surface area contributed by atoms with Gasteiger partial charge in [-0.1, -0.05) is 51.8 Å². The first-order chi connectivity index (χ1) is 22.8. The van der Waals surface area contributed by atoms with Gasteiger partial charge in [-0.05, 0) is 55.5 Å². The number of benzene rings is 4. The van der Waals surface area contributed by atoms with Crippen molar-refractivity contribution >= 4 is 62.0 Å². The summed E-state index contributed by atoms with van der Waals surface area (Å²) in [5.74, 6) is -0.829. The van der Waals surface area contributed by atoms with Crippen LogP contribution in [0.4, 0.5) is 14.5 Å². The van der Waals surface area contributed by atoms with E-state index in [0.717, 1.165) is 34.1 Å². The van der Waals surface area contributed by atoms with E-state index in [9.17, 15) is 33.7 Å². The zero-order chi connectivity index (χ0) is 34.3. The summed E-state index contributed by atoms with van der Waals surface area (Å²) < 4.78 is 44.3.